The molecule has 1 aliphatic heterocycles. The van der Waals surface area contributed by atoms with E-state index in [2.05, 4.69) is 26.6 Å². The number of thiophene rings is 1. The van der Waals surface area contributed by atoms with Crippen LogP contribution >= 0.6 is 11.3 Å². The Morgan fingerprint density at radius 3 is 2.81 bits per heavy atom. The first kappa shape index (κ1) is 23.1. The van der Waals surface area contributed by atoms with Crippen LogP contribution in [-0.2, 0) is 24.4 Å². The summed E-state index contributed by atoms with van der Waals surface area (Å²) < 4.78 is 26.3. The van der Waals surface area contributed by atoms with Crippen LogP contribution in [0.5, 0.6) is 11.6 Å². The molecule has 9 heteroatoms. The van der Waals surface area contributed by atoms with Crippen molar-refractivity contribution in [3.63, 3.8) is 0 Å². The molecule has 0 aliphatic carbocycles. The van der Waals surface area contributed by atoms with E-state index in [4.69, 9.17) is 9.47 Å². The number of methoxy groups -OCH3 is 1. The topological polar surface area (TPSA) is 86.2 Å². The lowest BCUT2D eigenvalue weighted by molar-refractivity contribution is -0.121. The van der Waals surface area contributed by atoms with Crippen LogP contribution in [0.15, 0.2) is 66.0 Å². The summed E-state index contributed by atoms with van der Waals surface area (Å²) in [5.41, 5.74) is 5.70. The lowest BCUT2D eigenvalue weighted by atomic mass is 9.96. The number of carbonyl (C=O) groups is 1. The van der Waals surface area contributed by atoms with Crippen LogP contribution in [0.4, 0.5) is 4.39 Å². The van der Waals surface area contributed by atoms with Crippen molar-refractivity contribution in [3.05, 3.63) is 88.7 Å². The van der Waals surface area contributed by atoms with Gasteiger partial charge in [0.2, 0.25) is 11.8 Å². The highest BCUT2D eigenvalue weighted by Crippen LogP contribution is 2.39. The molecule has 0 fully saturated rings. The highest BCUT2D eigenvalue weighted by atomic mass is 32.1. The number of rotatable bonds is 6. The van der Waals surface area contributed by atoms with Crippen LogP contribution < -0.4 is 14.8 Å². The van der Waals surface area contributed by atoms with Crippen molar-refractivity contribution < 1.29 is 18.7 Å². The van der Waals surface area contributed by atoms with Crippen molar-refractivity contribution in [1.82, 2.24) is 20.5 Å². The van der Waals surface area contributed by atoms with Gasteiger partial charge in [0, 0.05) is 35.2 Å². The second-order valence-electron chi connectivity index (χ2n) is 8.60. The number of ether oxygens (including phenoxy) is 2. The normalized spacial score (nSPS) is 12.8. The molecule has 1 N–H and O–H groups in total. The van der Waals surface area contributed by atoms with Crippen LogP contribution in [0.1, 0.15) is 16.8 Å². The summed E-state index contributed by atoms with van der Waals surface area (Å²) in [7, 11) is 1.55. The van der Waals surface area contributed by atoms with Gasteiger partial charge in [-0.1, -0.05) is 18.2 Å². The number of carbonyl (C=O) groups excluding carboxylic acids is 1. The number of pyridine rings is 1. The molecule has 0 unspecified atom stereocenters. The molecule has 6 rings (SSSR count). The minimum absolute atomic E-state index is 0.0316. The van der Waals surface area contributed by atoms with Crippen LogP contribution in [0.2, 0.25) is 0 Å². The number of hydrogen-bond donors (Lipinski definition) is 1. The summed E-state index contributed by atoms with van der Waals surface area (Å²) in [5, 5.41) is 15.0. The Morgan fingerprint density at radius 2 is 1.92 bits per heavy atom. The Hall–Kier alpha value is -4.37. The molecule has 2 aromatic carbocycles. The average Bonchev–Trinajstić information content (AvgIpc) is 3.42. The first-order chi connectivity index (χ1) is 18.1. The fourth-order valence-corrected chi connectivity index (χ4v) is 5.32. The van der Waals surface area contributed by atoms with Crippen LogP contribution in [0.3, 0.4) is 0 Å². The van der Waals surface area contributed by atoms with E-state index >= 15 is 0 Å². The molecule has 0 bridgehead atoms. The van der Waals surface area contributed by atoms with Gasteiger partial charge in [-0.3, -0.25) is 4.79 Å². The standard InChI is InChI=1S/C28H21FN4O3S/c1-35-25-4-2-3-20(31-25)15-36-23-13-19(29)7-8-21(23)27-28-22(9-10-37-28)26(32-33-27)17-6-5-16-12-24(34)30-14-18(16)11-17/h2-11,13H,12,14-15H2,1H3,(H,30,34). The molecule has 7 nitrogen and oxygen atoms in total. The van der Waals surface area contributed by atoms with Crippen molar-refractivity contribution in [2.45, 2.75) is 19.6 Å². The number of amides is 1. The second kappa shape index (κ2) is 9.59. The smallest absolute Gasteiger partial charge is 0.224 e. The number of fused-ring (bicyclic) bond motifs is 2. The third-order valence-corrected chi connectivity index (χ3v) is 7.18. The van der Waals surface area contributed by atoms with Gasteiger partial charge in [-0.15, -0.1) is 21.5 Å². The van der Waals surface area contributed by atoms with Crippen LogP contribution in [0.25, 0.3) is 32.6 Å². The molecule has 0 spiro atoms. The van der Waals surface area contributed by atoms with Gasteiger partial charge in [-0.25, -0.2) is 9.37 Å². The zero-order chi connectivity index (χ0) is 25.4. The third kappa shape index (κ3) is 4.49. The lowest BCUT2D eigenvalue weighted by Gasteiger charge is -2.17. The number of nitrogens with zero attached hydrogens (tertiary/aromatic N) is 3. The van der Waals surface area contributed by atoms with E-state index in [-0.39, 0.29) is 12.5 Å². The van der Waals surface area contributed by atoms with Crippen LogP contribution in [-0.4, -0.2) is 28.2 Å². The van der Waals surface area contributed by atoms with Gasteiger partial charge in [0.1, 0.15) is 29.6 Å². The van der Waals surface area contributed by atoms with E-state index in [1.807, 2.05) is 35.7 Å². The molecule has 0 radical (unpaired) electrons. The summed E-state index contributed by atoms with van der Waals surface area (Å²) in [6.07, 6.45) is 0.382. The van der Waals surface area contributed by atoms with E-state index in [1.54, 1.807) is 30.6 Å². The number of halogens is 1. The highest BCUT2D eigenvalue weighted by molar-refractivity contribution is 7.17. The number of hydrogen-bond acceptors (Lipinski definition) is 7. The van der Waals surface area contributed by atoms with Gasteiger partial charge in [-0.2, -0.15) is 0 Å². The van der Waals surface area contributed by atoms with E-state index in [9.17, 15) is 9.18 Å². The van der Waals surface area contributed by atoms with Gasteiger partial charge < -0.3 is 14.8 Å². The molecule has 37 heavy (non-hydrogen) atoms. The number of nitrogens with one attached hydrogen (secondary N) is 1. The van der Waals surface area contributed by atoms with Gasteiger partial charge in [0.25, 0.3) is 0 Å². The Kier molecular flexibility index (Phi) is 5.97. The molecular formula is C28H21FN4O3S. The van der Waals surface area contributed by atoms with E-state index in [0.717, 1.165) is 32.5 Å². The minimum atomic E-state index is -0.412. The van der Waals surface area contributed by atoms with E-state index in [1.165, 1.54) is 12.1 Å². The lowest BCUT2D eigenvalue weighted by Crippen LogP contribution is -2.30. The first-order valence-electron chi connectivity index (χ1n) is 11.6. The maximum absolute atomic E-state index is 14.2. The first-order valence-corrected chi connectivity index (χ1v) is 12.5. The monoisotopic (exact) mass is 512 g/mol. The molecule has 3 aromatic heterocycles. The number of benzene rings is 2. The molecule has 0 atom stereocenters. The predicted molar refractivity (Wildman–Crippen MR) is 139 cm³/mol. The Labute approximate surface area is 215 Å². The predicted octanol–water partition coefficient (Wildman–Crippen LogP) is 5.32. The molecule has 4 heterocycles. The Balaban J connectivity index is 1.37. The fourth-order valence-electron chi connectivity index (χ4n) is 4.42. The molecule has 0 saturated carbocycles. The Morgan fingerprint density at radius 1 is 1.03 bits per heavy atom. The highest BCUT2D eigenvalue weighted by Gasteiger charge is 2.20. The molecular weight excluding hydrogens is 491 g/mol. The van der Waals surface area contributed by atoms with Crippen molar-refractivity contribution in [2.75, 3.05) is 7.11 Å². The molecule has 1 aliphatic rings. The second-order valence-corrected chi connectivity index (χ2v) is 9.51. The van der Waals surface area contributed by atoms with Gasteiger partial charge in [-0.05, 0) is 46.8 Å². The van der Waals surface area contributed by atoms with E-state index in [0.29, 0.717) is 41.5 Å². The summed E-state index contributed by atoms with van der Waals surface area (Å²) in [6, 6.07) is 17.8. The minimum Gasteiger partial charge on any atom is -0.486 e. The van der Waals surface area contributed by atoms with Crippen molar-refractivity contribution in [3.8, 4) is 34.1 Å². The molecule has 184 valence electrons. The quantitative estimate of drug-likeness (QED) is 0.332. The molecule has 0 saturated heterocycles. The largest absolute Gasteiger partial charge is 0.486 e. The maximum atomic E-state index is 14.2. The van der Waals surface area contributed by atoms with Gasteiger partial charge in [0.05, 0.1) is 23.9 Å². The van der Waals surface area contributed by atoms with Gasteiger partial charge in [0.15, 0.2) is 0 Å². The zero-order valence-corrected chi connectivity index (χ0v) is 20.6. The maximum Gasteiger partial charge on any atom is 0.224 e. The van der Waals surface area contributed by atoms with E-state index < -0.39 is 5.82 Å². The van der Waals surface area contributed by atoms with Crippen molar-refractivity contribution >= 4 is 27.3 Å². The molecule has 5 aromatic rings. The fraction of sp³-hybridized carbons (Fsp3) is 0.143. The summed E-state index contributed by atoms with van der Waals surface area (Å²) in [4.78, 5) is 16.1. The van der Waals surface area contributed by atoms with Crippen LogP contribution in [0, 0.1) is 5.82 Å². The summed E-state index contributed by atoms with van der Waals surface area (Å²) >= 11 is 1.54. The third-order valence-electron chi connectivity index (χ3n) is 6.26. The summed E-state index contributed by atoms with van der Waals surface area (Å²) in [6.45, 7) is 0.636. The van der Waals surface area contributed by atoms with Crippen molar-refractivity contribution in [2.24, 2.45) is 0 Å². The molecule has 1 amide bonds. The average molecular weight is 513 g/mol. The number of aromatic nitrogens is 3. The summed E-state index contributed by atoms with van der Waals surface area (Å²) in [5.74, 6) is 0.451. The Bertz CT molecular complexity index is 1650. The SMILES string of the molecule is COc1cccc(COc2cc(F)ccc2-c2nnc(-c3ccc4c(c3)CNC(=O)C4)c3ccsc23)n1. The zero-order valence-electron chi connectivity index (χ0n) is 19.8. The van der Waals surface area contributed by atoms with Gasteiger partial charge >= 0.3 is 0 Å². The van der Waals surface area contributed by atoms with Crippen molar-refractivity contribution in [1.29, 1.82) is 0 Å².